The van der Waals surface area contributed by atoms with Crippen molar-refractivity contribution in [3.8, 4) is 5.75 Å². The second-order valence-corrected chi connectivity index (χ2v) is 7.95. The van der Waals surface area contributed by atoms with Crippen molar-refractivity contribution >= 4 is 5.91 Å². The highest BCUT2D eigenvalue weighted by Crippen LogP contribution is 2.27. The Morgan fingerprint density at radius 2 is 1.58 bits per heavy atom. The molecule has 1 aromatic carbocycles. The van der Waals surface area contributed by atoms with Crippen molar-refractivity contribution in [1.29, 1.82) is 0 Å². The third-order valence-electron chi connectivity index (χ3n) is 5.87. The van der Waals surface area contributed by atoms with Crippen LogP contribution in [0.25, 0.3) is 0 Å². The molecule has 3 rings (SSSR count). The van der Waals surface area contributed by atoms with Crippen LogP contribution in [0, 0.1) is 23.4 Å². The Hall–Kier alpha value is -1.80. The van der Waals surface area contributed by atoms with E-state index < -0.39 is 29.3 Å². The lowest BCUT2D eigenvalue weighted by molar-refractivity contribution is -0.139. The van der Waals surface area contributed by atoms with Crippen molar-refractivity contribution < 1.29 is 22.7 Å². The van der Waals surface area contributed by atoms with Crippen molar-refractivity contribution in [2.24, 2.45) is 11.7 Å². The first-order valence-corrected chi connectivity index (χ1v) is 11.5. The summed E-state index contributed by atoms with van der Waals surface area (Å²) in [6, 6.07) is 1.22. The Kier molecular flexibility index (Phi) is 10.6. The van der Waals surface area contributed by atoms with E-state index in [4.69, 9.17) is 10.5 Å². The van der Waals surface area contributed by atoms with Gasteiger partial charge in [0.05, 0.1) is 0 Å². The average molecular weight is 444 g/mol. The maximum Gasteiger partial charge on any atom is 0.225 e. The van der Waals surface area contributed by atoms with Gasteiger partial charge < -0.3 is 20.3 Å². The number of rotatable bonds is 7. The van der Waals surface area contributed by atoms with Gasteiger partial charge in [0.15, 0.2) is 17.4 Å². The van der Waals surface area contributed by atoms with E-state index in [1.54, 1.807) is 0 Å². The van der Waals surface area contributed by atoms with Gasteiger partial charge in [0, 0.05) is 44.0 Å². The number of carbonyl (C=O) groups excluding carboxylic acids is 1. The lowest BCUT2D eigenvalue weighted by Gasteiger charge is -2.37. The molecule has 2 aliphatic rings. The van der Waals surface area contributed by atoms with Crippen LogP contribution in [0.3, 0.4) is 0 Å². The van der Waals surface area contributed by atoms with Gasteiger partial charge in [0.2, 0.25) is 5.91 Å². The predicted molar refractivity (Wildman–Crippen MR) is 115 cm³/mol. The SMILES string of the molecule is CC.NCCCCN1CCC(C(=O)N2CCC(Oc3c(F)cc(F)cc3F)CC2)CC1. The normalized spacial score (nSPS) is 18.5. The number of hydrogen-bond acceptors (Lipinski definition) is 4. The number of nitrogens with two attached hydrogens (primary N) is 1. The fourth-order valence-electron chi connectivity index (χ4n) is 4.14. The topological polar surface area (TPSA) is 58.8 Å². The van der Waals surface area contributed by atoms with Gasteiger partial charge in [-0.3, -0.25) is 4.79 Å². The van der Waals surface area contributed by atoms with E-state index in [0.717, 1.165) is 51.9 Å². The summed E-state index contributed by atoms with van der Waals surface area (Å²) in [6.45, 7) is 8.63. The summed E-state index contributed by atoms with van der Waals surface area (Å²) in [6.07, 6.45) is 4.46. The number of likely N-dealkylation sites (tertiary alicyclic amines) is 2. The number of hydrogen-bond donors (Lipinski definition) is 1. The second-order valence-electron chi connectivity index (χ2n) is 7.95. The summed E-state index contributed by atoms with van der Waals surface area (Å²) >= 11 is 0. The van der Waals surface area contributed by atoms with Gasteiger partial charge in [-0.1, -0.05) is 13.8 Å². The number of halogens is 3. The highest BCUT2D eigenvalue weighted by Gasteiger charge is 2.31. The fourth-order valence-corrected chi connectivity index (χ4v) is 4.14. The summed E-state index contributed by atoms with van der Waals surface area (Å²) in [7, 11) is 0. The van der Waals surface area contributed by atoms with Crippen LogP contribution in [0.2, 0.25) is 0 Å². The number of carbonyl (C=O) groups is 1. The second kappa shape index (κ2) is 12.9. The largest absolute Gasteiger partial charge is 0.484 e. The number of ether oxygens (including phenoxy) is 1. The standard InChI is InChI=1S/C21H30F3N3O2.C2H6/c22-16-13-18(23)20(19(24)14-16)29-17-5-11-27(12-6-17)21(28)15-3-9-26(10-4-15)8-2-1-7-25;1-2/h13-15,17H,1-12,25H2;1-2H3. The minimum atomic E-state index is -1.04. The predicted octanol–water partition coefficient (Wildman–Crippen LogP) is 3.95. The number of benzene rings is 1. The van der Waals surface area contributed by atoms with Gasteiger partial charge in [-0.15, -0.1) is 0 Å². The minimum Gasteiger partial charge on any atom is -0.484 e. The molecule has 0 unspecified atom stereocenters. The van der Waals surface area contributed by atoms with Gasteiger partial charge in [-0.05, 0) is 51.9 Å². The van der Waals surface area contributed by atoms with Crippen molar-refractivity contribution in [2.45, 2.75) is 58.5 Å². The first-order chi connectivity index (χ1) is 15.0. The molecule has 0 aliphatic carbocycles. The summed E-state index contributed by atoms with van der Waals surface area (Å²) < 4.78 is 46.0. The molecule has 2 aliphatic heterocycles. The number of nitrogens with zero attached hydrogens (tertiary/aromatic N) is 2. The Morgan fingerprint density at radius 3 is 2.13 bits per heavy atom. The van der Waals surface area contributed by atoms with Crippen LogP contribution in [0.15, 0.2) is 12.1 Å². The molecule has 2 N–H and O–H groups in total. The molecular formula is C23H36F3N3O2. The molecule has 2 saturated heterocycles. The third-order valence-corrected chi connectivity index (χ3v) is 5.87. The van der Waals surface area contributed by atoms with Crippen LogP contribution in [0.5, 0.6) is 5.75 Å². The van der Waals surface area contributed by atoms with E-state index in [9.17, 15) is 18.0 Å². The van der Waals surface area contributed by atoms with E-state index in [1.807, 2.05) is 18.7 Å². The van der Waals surface area contributed by atoms with Crippen molar-refractivity contribution in [2.75, 3.05) is 39.3 Å². The highest BCUT2D eigenvalue weighted by atomic mass is 19.1. The molecule has 0 saturated carbocycles. The van der Waals surface area contributed by atoms with E-state index >= 15 is 0 Å². The zero-order valence-electron chi connectivity index (χ0n) is 18.7. The molecule has 176 valence electrons. The molecular weight excluding hydrogens is 407 g/mol. The van der Waals surface area contributed by atoms with Crippen LogP contribution in [0.4, 0.5) is 13.2 Å². The lowest BCUT2D eigenvalue weighted by Crippen LogP contribution is -2.47. The Labute approximate surface area is 183 Å². The summed E-state index contributed by atoms with van der Waals surface area (Å²) in [5.74, 6) is -3.38. The van der Waals surface area contributed by atoms with Gasteiger partial charge in [0.1, 0.15) is 11.9 Å². The zero-order valence-corrected chi connectivity index (χ0v) is 18.7. The van der Waals surface area contributed by atoms with E-state index in [2.05, 4.69) is 4.90 Å². The Morgan fingerprint density at radius 1 is 1.00 bits per heavy atom. The van der Waals surface area contributed by atoms with Crippen molar-refractivity contribution in [3.63, 3.8) is 0 Å². The molecule has 5 nitrogen and oxygen atoms in total. The van der Waals surface area contributed by atoms with Crippen LogP contribution < -0.4 is 10.5 Å². The molecule has 0 radical (unpaired) electrons. The molecule has 0 atom stereocenters. The average Bonchev–Trinajstić information content (AvgIpc) is 2.78. The maximum atomic E-state index is 13.8. The van der Waals surface area contributed by atoms with Crippen molar-refractivity contribution in [3.05, 3.63) is 29.6 Å². The van der Waals surface area contributed by atoms with E-state index in [1.165, 1.54) is 0 Å². The molecule has 2 fully saturated rings. The molecule has 0 spiro atoms. The number of unbranched alkanes of at least 4 members (excludes halogenated alkanes) is 1. The Bertz CT molecular complexity index is 666. The third kappa shape index (κ3) is 7.38. The quantitative estimate of drug-likeness (QED) is 0.649. The molecule has 1 amide bonds. The highest BCUT2D eigenvalue weighted by molar-refractivity contribution is 5.79. The number of piperidine rings is 2. The van der Waals surface area contributed by atoms with Crippen LogP contribution in [-0.2, 0) is 4.79 Å². The van der Waals surface area contributed by atoms with Crippen LogP contribution in [0.1, 0.15) is 52.4 Å². The summed E-state index contributed by atoms with van der Waals surface area (Å²) in [4.78, 5) is 17.1. The lowest BCUT2D eigenvalue weighted by atomic mass is 9.94. The smallest absolute Gasteiger partial charge is 0.225 e. The minimum absolute atomic E-state index is 0.0465. The molecule has 8 heteroatoms. The van der Waals surface area contributed by atoms with Gasteiger partial charge >= 0.3 is 0 Å². The van der Waals surface area contributed by atoms with Crippen LogP contribution >= 0.6 is 0 Å². The first-order valence-electron chi connectivity index (χ1n) is 11.5. The molecule has 0 bridgehead atoms. The monoisotopic (exact) mass is 443 g/mol. The zero-order chi connectivity index (χ0) is 22.8. The van der Waals surface area contributed by atoms with E-state index in [-0.39, 0.29) is 11.8 Å². The summed E-state index contributed by atoms with van der Waals surface area (Å²) in [5.41, 5.74) is 5.53. The number of amides is 1. The van der Waals surface area contributed by atoms with E-state index in [0.29, 0.717) is 38.1 Å². The maximum absolute atomic E-state index is 13.8. The van der Waals surface area contributed by atoms with Crippen LogP contribution in [-0.4, -0.2) is 61.1 Å². The van der Waals surface area contributed by atoms with Gasteiger partial charge in [-0.2, -0.15) is 0 Å². The Balaban J connectivity index is 0.00000166. The fraction of sp³-hybridized carbons (Fsp3) is 0.696. The molecule has 0 aromatic heterocycles. The van der Waals surface area contributed by atoms with Gasteiger partial charge in [0.25, 0.3) is 0 Å². The van der Waals surface area contributed by atoms with Crippen molar-refractivity contribution in [1.82, 2.24) is 9.80 Å². The first kappa shape index (κ1) is 25.5. The molecule has 2 heterocycles. The summed E-state index contributed by atoms with van der Waals surface area (Å²) in [5, 5.41) is 0. The molecule has 1 aromatic rings. The molecule has 31 heavy (non-hydrogen) atoms. The van der Waals surface area contributed by atoms with Gasteiger partial charge in [-0.25, -0.2) is 13.2 Å².